The fourth-order valence-electron chi connectivity index (χ4n) is 5.08. The van der Waals surface area contributed by atoms with Gasteiger partial charge in [-0.1, -0.05) is 44.7 Å². The van der Waals surface area contributed by atoms with Crippen LogP contribution in [0.1, 0.15) is 62.6 Å². The molecule has 6 nitrogen and oxygen atoms in total. The summed E-state index contributed by atoms with van der Waals surface area (Å²) in [6, 6.07) is 14.7. The third-order valence-electron chi connectivity index (χ3n) is 7.14. The summed E-state index contributed by atoms with van der Waals surface area (Å²) in [7, 11) is 0. The number of nitrogens with zero attached hydrogens (tertiary/aromatic N) is 3. The summed E-state index contributed by atoms with van der Waals surface area (Å²) in [5.41, 5.74) is 6.30. The SMILES string of the molecule is C=C(/N=C1\C(=C/C)C(=O)C(N([O-])CC(C)C)=CN1c1ccc2c(c1)CCC2)Nc1ccc(C2CC2)cc1. The van der Waals surface area contributed by atoms with Gasteiger partial charge in [-0.15, -0.1) is 0 Å². The van der Waals surface area contributed by atoms with E-state index in [9.17, 15) is 10.0 Å². The number of aliphatic imine (C=N–C) groups is 1. The Morgan fingerprint density at radius 3 is 2.59 bits per heavy atom. The van der Waals surface area contributed by atoms with E-state index in [0.29, 0.717) is 23.1 Å². The van der Waals surface area contributed by atoms with Crippen LogP contribution in [-0.4, -0.2) is 23.2 Å². The van der Waals surface area contributed by atoms with Gasteiger partial charge in [0.25, 0.3) is 0 Å². The number of nitrogens with one attached hydrogen (secondary N) is 1. The Morgan fingerprint density at radius 1 is 1.19 bits per heavy atom. The topological polar surface area (TPSA) is 71.0 Å². The van der Waals surface area contributed by atoms with Crippen LogP contribution in [0.25, 0.3) is 0 Å². The Hall–Kier alpha value is -3.64. The van der Waals surface area contributed by atoms with Crippen molar-refractivity contribution >= 4 is 23.0 Å². The van der Waals surface area contributed by atoms with Crippen LogP contribution in [0.2, 0.25) is 0 Å². The maximum Gasteiger partial charge on any atom is 0.213 e. The number of Topliss-reactive ketones (excluding diaryl/α,β-unsaturated/α-hetero) is 1. The number of rotatable bonds is 8. The lowest BCUT2D eigenvalue weighted by molar-refractivity contribution is -0.113. The second kappa shape index (κ2) is 10.4. The van der Waals surface area contributed by atoms with E-state index >= 15 is 0 Å². The van der Waals surface area contributed by atoms with Crippen molar-refractivity contribution in [1.29, 1.82) is 0 Å². The maximum absolute atomic E-state index is 13.5. The van der Waals surface area contributed by atoms with Crippen molar-refractivity contribution in [2.45, 2.75) is 58.8 Å². The zero-order valence-corrected chi connectivity index (χ0v) is 22.0. The van der Waals surface area contributed by atoms with Gasteiger partial charge in [-0.3, -0.25) is 9.69 Å². The number of hydrogen-bond acceptors (Lipinski definition) is 5. The van der Waals surface area contributed by atoms with Crippen LogP contribution in [0.3, 0.4) is 0 Å². The molecule has 0 radical (unpaired) electrons. The first kappa shape index (κ1) is 25.0. The molecule has 0 aromatic heterocycles. The van der Waals surface area contributed by atoms with Crippen molar-refractivity contribution < 1.29 is 4.79 Å². The average molecular weight is 496 g/mol. The van der Waals surface area contributed by atoms with Gasteiger partial charge in [0.1, 0.15) is 5.82 Å². The molecule has 1 saturated carbocycles. The van der Waals surface area contributed by atoms with Crippen LogP contribution in [-0.2, 0) is 17.6 Å². The molecular weight excluding hydrogens is 460 g/mol. The summed E-state index contributed by atoms with van der Waals surface area (Å²) in [6.07, 6.45) is 9.15. The molecular formula is C31H35N4O2-. The molecule has 2 aromatic rings. The molecule has 0 amide bonds. The maximum atomic E-state index is 13.5. The molecule has 0 bridgehead atoms. The molecule has 2 aromatic carbocycles. The number of amidine groups is 1. The van der Waals surface area contributed by atoms with Crippen molar-refractivity contribution in [3.05, 3.63) is 100 Å². The third-order valence-corrected chi connectivity index (χ3v) is 7.14. The van der Waals surface area contributed by atoms with E-state index < -0.39 is 0 Å². The summed E-state index contributed by atoms with van der Waals surface area (Å²) in [5.74, 6) is 1.38. The van der Waals surface area contributed by atoms with E-state index in [1.54, 1.807) is 19.2 Å². The molecule has 0 unspecified atom stereocenters. The van der Waals surface area contributed by atoms with E-state index in [-0.39, 0.29) is 23.9 Å². The minimum Gasteiger partial charge on any atom is -0.758 e. The summed E-state index contributed by atoms with van der Waals surface area (Å²) in [4.78, 5) is 20.1. The molecule has 0 saturated heterocycles. The molecule has 3 aliphatic rings. The number of carbonyl (C=O) groups is 1. The van der Waals surface area contributed by atoms with E-state index in [1.807, 2.05) is 36.9 Å². The van der Waals surface area contributed by atoms with Crippen molar-refractivity contribution in [2.75, 3.05) is 16.8 Å². The summed E-state index contributed by atoms with van der Waals surface area (Å²) in [6.45, 7) is 10.1. The minimum absolute atomic E-state index is 0.121. The molecule has 0 atom stereocenters. The van der Waals surface area contributed by atoms with E-state index in [2.05, 4.69) is 36.2 Å². The van der Waals surface area contributed by atoms with Gasteiger partial charge in [0.2, 0.25) is 5.78 Å². The quantitative estimate of drug-likeness (QED) is 0.327. The second-order valence-corrected chi connectivity index (χ2v) is 10.6. The smallest absolute Gasteiger partial charge is 0.213 e. The van der Waals surface area contributed by atoms with Gasteiger partial charge < -0.3 is 15.6 Å². The fraction of sp³-hybridized carbons (Fsp3) is 0.355. The first-order valence-electron chi connectivity index (χ1n) is 13.3. The number of anilines is 2. The van der Waals surface area contributed by atoms with Crippen LogP contribution in [0, 0.1) is 11.1 Å². The third kappa shape index (κ3) is 5.39. The van der Waals surface area contributed by atoms with Gasteiger partial charge in [-0.25, -0.2) is 4.99 Å². The van der Waals surface area contributed by atoms with Gasteiger partial charge in [-0.05, 0) is 91.8 Å². The number of allylic oxidation sites excluding steroid dienone is 2. The van der Waals surface area contributed by atoms with Gasteiger partial charge >= 0.3 is 0 Å². The summed E-state index contributed by atoms with van der Waals surface area (Å²) >= 11 is 0. The van der Waals surface area contributed by atoms with Crippen molar-refractivity contribution in [3.8, 4) is 0 Å². The van der Waals surface area contributed by atoms with Gasteiger partial charge in [0, 0.05) is 24.1 Å². The van der Waals surface area contributed by atoms with E-state index in [0.717, 1.165) is 35.7 Å². The monoisotopic (exact) mass is 495 g/mol. The Kier molecular flexibility index (Phi) is 7.02. The number of benzene rings is 2. The highest BCUT2D eigenvalue weighted by molar-refractivity contribution is 6.34. The number of carbonyl (C=O) groups excluding carboxylic acids is 1. The van der Waals surface area contributed by atoms with Crippen molar-refractivity contribution in [3.63, 3.8) is 0 Å². The highest BCUT2D eigenvalue weighted by Crippen LogP contribution is 2.40. The number of fused-ring (bicyclic) bond motifs is 1. The second-order valence-electron chi connectivity index (χ2n) is 10.6. The summed E-state index contributed by atoms with van der Waals surface area (Å²) in [5, 5.41) is 17.1. The number of hydrogen-bond donors (Lipinski definition) is 1. The van der Waals surface area contributed by atoms with Crippen molar-refractivity contribution in [2.24, 2.45) is 10.9 Å². The number of aryl methyl sites for hydroxylation is 2. The molecule has 1 aliphatic heterocycles. The molecule has 5 rings (SSSR count). The Labute approximate surface area is 219 Å². The Morgan fingerprint density at radius 2 is 1.92 bits per heavy atom. The summed E-state index contributed by atoms with van der Waals surface area (Å²) < 4.78 is 0. The average Bonchev–Trinajstić information content (AvgIpc) is 3.61. The lowest BCUT2D eigenvalue weighted by Crippen LogP contribution is -2.40. The predicted octanol–water partition coefficient (Wildman–Crippen LogP) is 6.67. The normalized spacial score (nSPS) is 19.4. The molecule has 37 heavy (non-hydrogen) atoms. The molecule has 192 valence electrons. The van der Waals surface area contributed by atoms with Crippen LogP contribution < -0.4 is 10.2 Å². The number of ketones is 1. The molecule has 1 N–H and O–H groups in total. The lowest BCUT2D eigenvalue weighted by Gasteiger charge is -2.39. The van der Waals surface area contributed by atoms with Crippen LogP contribution >= 0.6 is 0 Å². The minimum atomic E-state index is -0.323. The van der Waals surface area contributed by atoms with Crippen LogP contribution in [0.4, 0.5) is 11.4 Å². The highest BCUT2D eigenvalue weighted by Gasteiger charge is 2.32. The van der Waals surface area contributed by atoms with Crippen molar-refractivity contribution in [1.82, 2.24) is 5.06 Å². The first-order valence-corrected chi connectivity index (χ1v) is 13.3. The first-order chi connectivity index (χ1) is 17.8. The van der Waals surface area contributed by atoms with Gasteiger partial charge in [0.05, 0.1) is 11.3 Å². The predicted molar refractivity (Wildman–Crippen MR) is 151 cm³/mol. The van der Waals surface area contributed by atoms with Gasteiger partial charge in [-0.2, -0.15) is 0 Å². The number of hydroxylamine groups is 2. The van der Waals surface area contributed by atoms with Gasteiger partial charge in [0.15, 0.2) is 5.84 Å². The fourth-order valence-corrected chi connectivity index (χ4v) is 5.08. The molecule has 6 heteroatoms. The van der Waals surface area contributed by atoms with E-state index in [1.165, 1.54) is 29.5 Å². The van der Waals surface area contributed by atoms with Crippen LogP contribution in [0.5, 0.6) is 0 Å². The highest BCUT2D eigenvalue weighted by atomic mass is 16.5. The zero-order valence-electron chi connectivity index (χ0n) is 22.0. The Bertz CT molecular complexity index is 1300. The zero-order chi connectivity index (χ0) is 26.1. The lowest BCUT2D eigenvalue weighted by atomic mass is 10.0. The molecule has 1 heterocycles. The van der Waals surface area contributed by atoms with E-state index in [4.69, 9.17) is 4.99 Å². The largest absolute Gasteiger partial charge is 0.758 e. The molecule has 2 aliphatic carbocycles. The standard InChI is InChI=1S/C31H35N4O2/c1-5-28-30(36)29(35(37)18-20(2)3)19-34(27-16-13-22-7-6-8-25(22)17-27)31(28)33-21(4)32-26-14-11-24(12-15-26)23-9-10-23/h5,11-17,19-20,23,32H,4,6-10,18H2,1-3H3/q-1/b28-5-,33-31+. The van der Waals surface area contributed by atoms with Crippen LogP contribution in [0.15, 0.2) is 83.4 Å². The molecule has 0 spiro atoms. The molecule has 1 fully saturated rings. The Balaban J connectivity index is 1.51.